The van der Waals surface area contributed by atoms with Gasteiger partial charge in [0.2, 0.25) is 0 Å². The molecule has 0 bridgehead atoms. The SMILES string of the molecule is O=[N+]([O-])c1ccccc1Nc1cc(-c2ccccc2)ccc1-c1ccccc1. The Kier molecular flexibility index (Phi) is 4.85. The smallest absolute Gasteiger partial charge is 0.292 e. The molecule has 4 nitrogen and oxygen atoms in total. The van der Waals surface area contributed by atoms with Gasteiger partial charge < -0.3 is 5.32 Å². The van der Waals surface area contributed by atoms with Crippen molar-refractivity contribution in [2.45, 2.75) is 0 Å². The summed E-state index contributed by atoms with van der Waals surface area (Å²) in [4.78, 5) is 11.1. The van der Waals surface area contributed by atoms with Crippen molar-refractivity contribution in [1.82, 2.24) is 0 Å². The quantitative estimate of drug-likeness (QED) is 0.317. The second kappa shape index (κ2) is 7.76. The van der Waals surface area contributed by atoms with E-state index in [1.54, 1.807) is 18.2 Å². The number of nitro groups is 1. The van der Waals surface area contributed by atoms with Gasteiger partial charge in [0.15, 0.2) is 0 Å². The van der Waals surface area contributed by atoms with Gasteiger partial charge in [-0.15, -0.1) is 0 Å². The first-order chi connectivity index (χ1) is 13.7. The molecule has 4 rings (SSSR count). The molecule has 0 radical (unpaired) electrons. The first kappa shape index (κ1) is 17.5. The van der Waals surface area contributed by atoms with Gasteiger partial charge >= 0.3 is 0 Å². The van der Waals surface area contributed by atoms with Crippen molar-refractivity contribution in [3.8, 4) is 22.3 Å². The third kappa shape index (κ3) is 3.62. The van der Waals surface area contributed by atoms with E-state index in [-0.39, 0.29) is 10.6 Å². The number of hydrogen-bond acceptors (Lipinski definition) is 3. The molecule has 4 aromatic carbocycles. The van der Waals surface area contributed by atoms with E-state index in [1.165, 1.54) is 6.07 Å². The van der Waals surface area contributed by atoms with Gasteiger partial charge in [-0.25, -0.2) is 0 Å². The van der Waals surface area contributed by atoms with E-state index in [4.69, 9.17) is 0 Å². The maximum absolute atomic E-state index is 11.4. The van der Waals surface area contributed by atoms with Gasteiger partial charge in [0.05, 0.1) is 4.92 Å². The molecule has 0 atom stereocenters. The predicted molar refractivity (Wildman–Crippen MR) is 114 cm³/mol. The van der Waals surface area contributed by atoms with Crippen LogP contribution in [0.4, 0.5) is 17.1 Å². The number of rotatable bonds is 5. The van der Waals surface area contributed by atoms with Crippen LogP contribution in [0.25, 0.3) is 22.3 Å². The Morgan fingerprint density at radius 1 is 0.607 bits per heavy atom. The number of hydrogen-bond donors (Lipinski definition) is 1. The zero-order valence-electron chi connectivity index (χ0n) is 15.1. The number of nitrogens with zero attached hydrogens (tertiary/aromatic N) is 1. The maximum Gasteiger partial charge on any atom is 0.292 e. The molecular weight excluding hydrogens is 348 g/mol. The summed E-state index contributed by atoms with van der Waals surface area (Å²) in [5.41, 5.74) is 5.50. The summed E-state index contributed by atoms with van der Waals surface area (Å²) in [6.07, 6.45) is 0. The fourth-order valence-electron chi connectivity index (χ4n) is 3.21. The molecule has 0 amide bonds. The minimum absolute atomic E-state index is 0.0478. The highest BCUT2D eigenvalue weighted by Gasteiger charge is 2.15. The van der Waals surface area contributed by atoms with Crippen LogP contribution in [-0.2, 0) is 0 Å². The minimum atomic E-state index is -0.369. The fourth-order valence-corrected chi connectivity index (χ4v) is 3.21. The first-order valence-corrected chi connectivity index (χ1v) is 8.98. The monoisotopic (exact) mass is 366 g/mol. The van der Waals surface area contributed by atoms with Crippen molar-refractivity contribution < 1.29 is 4.92 Å². The Labute approximate surface area is 163 Å². The Hall–Kier alpha value is -3.92. The minimum Gasteiger partial charge on any atom is -0.349 e. The molecule has 0 aliphatic heterocycles. The summed E-state index contributed by atoms with van der Waals surface area (Å²) >= 11 is 0. The number of anilines is 2. The van der Waals surface area contributed by atoms with E-state index >= 15 is 0 Å². The molecule has 4 heteroatoms. The number of nitro benzene ring substituents is 1. The van der Waals surface area contributed by atoms with E-state index in [2.05, 4.69) is 17.4 Å². The van der Waals surface area contributed by atoms with E-state index in [9.17, 15) is 10.1 Å². The summed E-state index contributed by atoms with van der Waals surface area (Å²) in [5.74, 6) is 0. The average Bonchev–Trinajstić information content (AvgIpc) is 2.75. The van der Waals surface area contributed by atoms with Crippen molar-refractivity contribution in [2.75, 3.05) is 5.32 Å². The summed E-state index contributed by atoms with van der Waals surface area (Å²) < 4.78 is 0. The lowest BCUT2D eigenvalue weighted by Gasteiger charge is -2.15. The van der Waals surface area contributed by atoms with E-state index in [1.807, 2.05) is 66.7 Å². The molecule has 4 aromatic rings. The Morgan fingerprint density at radius 2 is 1.21 bits per heavy atom. The fraction of sp³-hybridized carbons (Fsp3) is 0. The number of para-hydroxylation sites is 2. The highest BCUT2D eigenvalue weighted by molar-refractivity contribution is 5.86. The Morgan fingerprint density at radius 3 is 1.89 bits per heavy atom. The lowest BCUT2D eigenvalue weighted by atomic mass is 9.98. The lowest BCUT2D eigenvalue weighted by Crippen LogP contribution is -1.98. The highest BCUT2D eigenvalue weighted by Crippen LogP contribution is 2.36. The highest BCUT2D eigenvalue weighted by atomic mass is 16.6. The largest absolute Gasteiger partial charge is 0.349 e. The van der Waals surface area contributed by atoms with Crippen molar-refractivity contribution >= 4 is 17.1 Å². The Bertz CT molecular complexity index is 1110. The molecule has 0 heterocycles. The van der Waals surface area contributed by atoms with Gasteiger partial charge in [0.25, 0.3) is 5.69 Å². The van der Waals surface area contributed by atoms with Crippen LogP contribution in [-0.4, -0.2) is 4.92 Å². The van der Waals surface area contributed by atoms with Crippen LogP contribution in [0.3, 0.4) is 0 Å². The van der Waals surface area contributed by atoms with Crippen molar-refractivity contribution in [3.63, 3.8) is 0 Å². The zero-order valence-corrected chi connectivity index (χ0v) is 15.1. The molecule has 0 saturated heterocycles. The summed E-state index contributed by atoms with van der Waals surface area (Å²) in [6, 6.07) is 32.9. The summed E-state index contributed by atoms with van der Waals surface area (Å²) in [5, 5.41) is 14.7. The third-order valence-electron chi connectivity index (χ3n) is 4.58. The predicted octanol–water partition coefficient (Wildman–Crippen LogP) is 6.67. The average molecular weight is 366 g/mol. The standard InChI is InChI=1S/C24H18N2O2/c27-26(28)24-14-8-7-13-22(24)25-23-17-20(18-9-3-1-4-10-18)15-16-21(23)19-11-5-2-6-12-19/h1-17,25H. The number of benzene rings is 4. The summed E-state index contributed by atoms with van der Waals surface area (Å²) in [6.45, 7) is 0. The van der Waals surface area contributed by atoms with Crippen LogP contribution >= 0.6 is 0 Å². The molecule has 1 N–H and O–H groups in total. The zero-order chi connectivity index (χ0) is 19.3. The van der Waals surface area contributed by atoms with Gasteiger partial charge in [-0.3, -0.25) is 10.1 Å². The molecule has 28 heavy (non-hydrogen) atoms. The maximum atomic E-state index is 11.4. The van der Waals surface area contributed by atoms with Gasteiger partial charge in [-0.1, -0.05) is 84.9 Å². The van der Waals surface area contributed by atoms with Gasteiger partial charge in [0, 0.05) is 17.3 Å². The van der Waals surface area contributed by atoms with Crippen LogP contribution in [0.5, 0.6) is 0 Å². The Balaban J connectivity index is 1.84. The van der Waals surface area contributed by atoms with Crippen LogP contribution in [0.15, 0.2) is 103 Å². The van der Waals surface area contributed by atoms with Crippen LogP contribution < -0.4 is 5.32 Å². The van der Waals surface area contributed by atoms with Gasteiger partial charge in [-0.2, -0.15) is 0 Å². The van der Waals surface area contributed by atoms with Crippen LogP contribution in [0, 0.1) is 10.1 Å². The molecule has 0 unspecified atom stereocenters. The first-order valence-electron chi connectivity index (χ1n) is 8.98. The number of nitrogens with one attached hydrogen (secondary N) is 1. The topological polar surface area (TPSA) is 55.2 Å². The van der Waals surface area contributed by atoms with E-state index in [0.717, 1.165) is 27.9 Å². The van der Waals surface area contributed by atoms with Crippen LogP contribution in [0.1, 0.15) is 0 Å². The molecule has 0 aliphatic carbocycles. The molecular formula is C24H18N2O2. The third-order valence-corrected chi connectivity index (χ3v) is 4.58. The normalized spacial score (nSPS) is 10.4. The second-order valence-electron chi connectivity index (χ2n) is 6.39. The van der Waals surface area contributed by atoms with E-state index < -0.39 is 0 Å². The van der Waals surface area contributed by atoms with Crippen molar-refractivity contribution in [3.05, 3.63) is 113 Å². The molecule has 0 fully saturated rings. The van der Waals surface area contributed by atoms with Crippen molar-refractivity contribution in [2.24, 2.45) is 0 Å². The second-order valence-corrected chi connectivity index (χ2v) is 6.39. The molecule has 0 aliphatic rings. The van der Waals surface area contributed by atoms with Crippen LogP contribution in [0.2, 0.25) is 0 Å². The van der Waals surface area contributed by atoms with E-state index in [0.29, 0.717) is 5.69 Å². The summed E-state index contributed by atoms with van der Waals surface area (Å²) in [7, 11) is 0. The molecule has 136 valence electrons. The van der Waals surface area contributed by atoms with Crippen molar-refractivity contribution in [1.29, 1.82) is 0 Å². The van der Waals surface area contributed by atoms with Gasteiger partial charge in [0.1, 0.15) is 5.69 Å². The molecule has 0 aromatic heterocycles. The molecule has 0 spiro atoms. The molecule has 0 saturated carbocycles. The van der Waals surface area contributed by atoms with Gasteiger partial charge in [-0.05, 0) is 28.8 Å². The lowest BCUT2D eigenvalue weighted by molar-refractivity contribution is -0.383.